The van der Waals surface area contributed by atoms with Gasteiger partial charge in [-0.2, -0.15) is 0 Å². The van der Waals surface area contributed by atoms with Crippen LogP contribution in [-0.2, 0) is 76.6 Å². The fraction of sp³-hybridized carbons (Fsp3) is 0.700. The van der Waals surface area contributed by atoms with E-state index in [4.69, 9.17) is 42.6 Å². The molecule has 45 heteroatoms. The average Bonchev–Trinajstić information content (AvgIpc) is 1.74. The first-order valence-corrected chi connectivity index (χ1v) is 33.2. The smallest absolute Gasteiger partial charge is 0.251 e. The number of aliphatic hydroxyl groups excluding tert-OH is 15. The highest BCUT2D eigenvalue weighted by Crippen LogP contribution is 2.37. The van der Waals surface area contributed by atoms with Gasteiger partial charge in [-0.05, 0) is 39.0 Å². The van der Waals surface area contributed by atoms with Crippen molar-refractivity contribution >= 4 is 35.4 Å². The second-order valence-corrected chi connectivity index (χ2v) is 26.2. The van der Waals surface area contributed by atoms with Crippen LogP contribution in [-0.4, -0.2) is 342 Å². The summed E-state index contributed by atoms with van der Waals surface area (Å²) in [6, 6.07) is -0.912. The molecule has 6 aliphatic rings. The highest BCUT2D eigenvalue weighted by Gasteiger charge is 2.55. The normalized spacial score (nSPS) is 37.9. The average molecular weight is 1500 g/mol. The number of benzene rings is 1. The van der Waals surface area contributed by atoms with Crippen molar-refractivity contribution in [2.75, 3.05) is 19.8 Å². The van der Waals surface area contributed by atoms with Gasteiger partial charge in [-0.25, -0.2) is 14.0 Å². The van der Waals surface area contributed by atoms with E-state index in [1.54, 1.807) is 0 Å². The summed E-state index contributed by atoms with van der Waals surface area (Å²) in [4.78, 5) is 80.5. The molecule has 0 aliphatic carbocycles. The maximum atomic E-state index is 14.3. The van der Waals surface area contributed by atoms with Gasteiger partial charge in [0, 0.05) is 37.5 Å². The van der Waals surface area contributed by atoms with Gasteiger partial charge in [0.15, 0.2) is 37.6 Å². The lowest BCUT2D eigenvalue weighted by Crippen LogP contribution is -2.65. The van der Waals surface area contributed by atoms with E-state index < -0.39 is 259 Å². The van der Waals surface area contributed by atoms with Crippen molar-refractivity contribution < 1.29 is 148 Å². The maximum Gasteiger partial charge on any atom is 0.251 e. The molecule has 0 unspecified atom stereocenters. The summed E-state index contributed by atoms with van der Waals surface area (Å²) in [5.74, 6) is -4.79. The predicted molar refractivity (Wildman–Crippen MR) is 336 cm³/mol. The van der Waals surface area contributed by atoms with Crippen LogP contribution >= 0.6 is 0 Å². The van der Waals surface area contributed by atoms with Gasteiger partial charge in [0.2, 0.25) is 17.7 Å². The van der Waals surface area contributed by atoms with Crippen LogP contribution in [0.25, 0.3) is 0 Å². The summed E-state index contributed by atoms with van der Waals surface area (Å²) in [5.41, 5.74) is -0.881. The summed E-state index contributed by atoms with van der Waals surface area (Å²) in [6.45, 7) is 3.77. The third-order valence-corrected chi connectivity index (χ3v) is 18.5. The van der Waals surface area contributed by atoms with E-state index in [-0.39, 0.29) is 33.8 Å². The molecule has 6 saturated heterocycles. The summed E-state index contributed by atoms with van der Waals surface area (Å²) in [5, 5.41) is 200. The molecule has 105 heavy (non-hydrogen) atoms. The van der Waals surface area contributed by atoms with Crippen molar-refractivity contribution in [3.05, 3.63) is 70.6 Å². The third kappa shape index (κ3) is 17.7. The fourth-order valence-corrected chi connectivity index (χ4v) is 12.8. The van der Waals surface area contributed by atoms with Crippen LogP contribution in [0.3, 0.4) is 0 Å². The van der Waals surface area contributed by atoms with Gasteiger partial charge in [0.25, 0.3) is 17.7 Å². The summed E-state index contributed by atoms with van der Waals surface area (Å²) >= 11 is 0. The maximum absolute atomic E-state index is 14.3. The minimum Gasteiger partial charge on any atom is -0.394 e. The second-order valence-electron chi connectivity index (χ2n) is 26.2. The number of hydrogen-bond donors (Lipinski definition) is 21. The molecule has 3 aromatic heterocycles. The Morgan fingerprint density at radius 2 is 0.629 bits per heavy atom. The molecule has 21 N–H and O–H groups in total. The number of carbonyl (C=O) groups is 6. The van der Waals surface area contributed by atoms with Gasteiger partial charge in [0.1, 0.15) is 145 Å². The van der Waals surface area contributed by atoms with Crippen LogP contribution in [0, 0.1) is 0 Å². The van der Waals surface area contributed by atoms with E-state index in [2.05, 4.69) is 62.8 Å². The molecule has 10 rings (SSSR count). The van der Waals surface area contributed by atoms with Crippen molar-refractivity contribution in [1.82, 2.24) is 76.9 Å². The number of hydrogen-bond acceptors (Lipinski definition) is 36. The van der Waals surface area contributed by atoms with Crippen molar-refractivity contribution in [3.63, 3.8) is 0 Å². The van der Waals surface area contributed by atoms with Crippen molar-refractivity contribution in [2.24, 2.45) is 0 Å². The Labute approximate surface area is 594 Å². The number of aromatic nitrogens is 9. The van der Waals surface area contributed by atoms with E-state index in [1.165, 1.54) is 39.4 Å². The first-order chi connectivity index (χ1) is 49.8. The number of amides is 6. The molecule has 1 aromatic carbocycles. The standard InChI is InChI=1S/C60H87N15O30/c1-19-37(82)43(88)46(91)58(97-19)103-49-31(16-76)100-55(34(40(49)85)64-22(4)79)73-13-28(67-70-73)10-61-52(94)25-7-26(53(95)62-11-29-14-74(71-68-29)56-35(65-23(5)80)41(86)50(32(17-77)101-56)104-59-47(92)44(89)38(83)20(2)98-59)9-27(8-25)54(96)63-12-30-15-75(72-69-30)57-36(66-24(6)81)42(87)51(33(18-78)102-57)105-60-48(93)45(90)39(84)21(3)99-60/h7-9,13-15,19-21,31-51,55-60,76-78,82-93H,10-12,16-18H2,1-6H3,(H,61,94)(H,62,95)(H,63,96)(H,64,79)(H,65,80)(H,66,81)/t19-,20-,21-,31+,32+,33+,34+,35+,36+,37+,38+,39+,40+,41+,42+,43+,44+,45+,46-,47-,48-,49+,50+,51+,55+,56+,57+,58-,59-,60-/m0/s1. The van der Waals surface area contributed by atoms with E-state index in [1.807, 2.05) is 0 Å². The minimum absolute atomic E-state index is 0.0138. The predicted octanol–water partition coefficient (Wildman–Crippen LogP) is -11.8. The Hall–Kier alpha value is -7.50. The molecule has 9 heterocycles. The quantitative estimate of drug-likeness (QED) is 0.0310. The lowest BCUT2D eigenvalue weighted by Gasteiger charge is -2.47. The molecular formula is C60H87N15O30. The molecule has 6 fully saturated rings. The lowest BCUT2D eigenvalue weighted by atomic mass is 9.94. The van der Waals surface area contributed by atoms with E-state index in [0.29, 0.717) is 0 Å². The van der Waals surface area contributed by atoms with Crippen LogP contribution in [0.4, 0.5) is 0 Å². The molecule has 6 amide bonds. The number of nitrogens with zero attached hydrogens (tertiary/aromatic N) is 9. The molecule has 0 bridgehead atoms. The Balaban J connectivity index is 0.863. The van der Waals surface area contributed by atoms with Crippen LogP contribution < -0.4 is 31.9 Å². The lowest BCUT2D eigenvalue weighted by molar-refractivity contribution is -0.335. The van der Waals surface area contributed by atoms with Gasteiger partial charge in [-0.3, -0.25) is 28.8 Å². The number of aliphatic hydroxyl groups is 15. The zero-order valence-corrected chi connectivity index (χ0v) is 56.9. The SMILES string of the molecule is CC(=O)N[C@@H]1[C@@H](O)[C@H](O[C@@H]2O[C@@H](C)[C@@H](O)[C@@H](O)[C@@H]2O)[C@@H](CO)O[C@H]1n1cc(CNC(=O)c2cc(C(=O)NCc3cn([C@@H]4O[C@H](CO)[C@@H](O[C@@H]5O[C@@H](C)[C@@H](O)[C@@H](O)[C@@H]5O)[C@H](O)[C@H]4NC(C)=O)nn3)cc(C(=O)NCc3cn([C@@H]4O[C@H](CO)[C@@H](O[C@@H]5O[C@@H](C)[C@@H](O)[C@@H](O)[C@@H]5O)[C@H](O)[C@H]4NC(C)=O)nn3)c2)nn1. The van der Waals surface area contributed by atoms with Crippen LogP contribution in [0.15, 0.2) is 36.8 Å². The van der Waals surface area contributed by atoms with Gasteiger partial charge >= 0.3 is 0 Å². The number of nitrogens with one attached hydrogen (secondary N) is 6. The Morgan fingerprint density at radius 1 is 0.381 bits per heavy atom. The first-order valence-electron chi connectivity index (χ1n) is 33.2. The zero-order chi connectivity index (χ0) is 76.3. The monoisotopic (exact) mass is 1500 g/mol. The van der Waals surface area contributed by atoms with Crippen molar-refractivity contribution in [3.8, 4) is 0 Å². The molecular weight excluding hydrogens is 1410 g/mol. The molecule has 4 aromatic rings. The highest BCUT2D eigenvalue weighted by atomic mass is 16.7. The fourth-order valence-electron chi connectivity index (χ4n) is 12.8. The molecule has 582 valence electrons. The molecule has 0 spiro atoms. The zero-order valence-electron chi connectivity index (χ0n) is 56.9. The van der Waals surface area contributed by atoms with Gasteiger partial charge in [-0.1, -0.05) is 15.6 Å². The van der Waals surface area contributed by atoms with E-state index in [0.717, 1.165) is 53.0 Å². The summed E-state index contributed by atoms with van der Waals surface area (Å²) < 4.78 is 55.5. The van der Waals surface area contributed by atoms with Gasteiger partial charge < -0.3 is 151 Å². The van der Waals surface area contributed by atoms with Crippen LogP contribution in [0.1, 0.15) is 108 Å². The molecule has 45 nitrogen and oxygen atoms in total. The van der Waals surface area contributed by atoms with Crippen LogP contribution in [0.5, 0.6) is 0 Å². The van der Waals surface area contributed by atoms with E-state index >= 15 is 0 Å². The molecule has 30 atom stereocenters. The second kappa shape index (κ2) is 34.2. The Morgan fingerprint density at radius 3 is 0.857 bits per heavy atom. The third-order valence-electron chi connectivity index (χ3n) is 18.5. The van der Waals surface area contributed by atoms with Crippen molar-refractivity contribution in [1.29, 1.82) is 0 Å². The summed E-state index contributed by atoms with van der Waals surface area (Å²) in [6.07, 6.45) is -38.0. The molecule has 0 radical (unpaired) electrons. The Bertz CT molecular complexity index is 3280. The molecule has 6 aliphatic heterocycles. The largest absolute Gasteiger partial charge is 0.394 e. The number of ether oxygens (including phenoxy) is 9. The number of rotatable bonds is 24. The highest BCUT2D eigenvalue weighted by molar-refractivity contribution is 6.04. The van der Waals surface area contributed by atoms with E-state index in [9.17, 15) is 105 Å². The Kier molecular flexibility index (Phi) is 26.0. The minimum atomic E-state index is -1.83. The first kappa shape index (κ1) is 80.0. The van der Waals surface area contributed by atoms with Gasteiger partial charge in [0.05, 0.1) is 76.4 Å². The molecule has 0 saturated carbocycles. The summed E-state index contributed by atoms with van der Waals surface area (Å²) in [7, 11) is 0. The van der Waals surface area contributed by atoms with Gasteiger partial charge in [-0.15, -0.1) is 15.3 Å². The topological polar surface area (TPSA) is 653 Å². The number of carbonyl (C=O) groups excluding carboxylic acids is 6. The van der Waals surface area contributed by atoms with Crippen LogP contribution in [0.2, 0.25) is 0 Å². The van der Waals surface area contributed by atoms with Crippen molar-refractivity contribution in [2.45, 2.75) is 245 Å².